The fraction of sp³-hybridized carbons (Fsp3) is 0.333. The molecule has 3 N–H and O–H groups in total. The van der Waals surface area contributed by atoms with Crippen LogP contribution in [0.4, 0.5) is 10.1 Å². The zero-order valence-electron chi connectivity index (χ0n) is 7.10. The van der Waals surface area contributed by atoms with Gasteiger partial charge in [-0.15, -0.1) is 0 Å². The molecule has 3 heteroatoms. The molecular formula is C9H13FN2. The van der Waals surface area contributed by atoms with Crippen LogP contribution in [-0.4, -0.2) is 6.54 Å². The number of nitrogen functional groups attached to an aromatic ring is 1. The molecule has 0 atom stereocenters. The maximum Gasteiger partial charge on any atom is 0.129 e. The maximum atomic E-state index is 13.1. The molecule has 0 heterocycles. The summed E-state index contributed by atoms with van der Waals surface area (Å²) < 4.78 is 13.1. The average molecular weight is 168 g/mol. The van der Waals surface area contributed by atoms with Crippen LogP contribution in [0.1, 0.15) is 12.5 Å². The largest absolute Gasteiger partial charge is 0.398 e. The second-order valence-electron chi connectivity index (χ2n) is 2.59. The van der Waals surface area contributed by atoms with Crippen LogP contribution in [0, 0.1) is 5.82 Å². The zero-order valence-corrected chi connectivity index (χ0v) is 7.10. The fourth-order valence-electron chi connectivity index (χ4n) is 1.01. The zero-order chi connectivity index (χ0) is 8.97. The van der Waals surface area contributed by atoms with E-state index in [1.807, 2.05) is 6.92 Å². The second kappa shape index (κ2) is 4.07. The van der Waals surface area contributed by atoms with Crippen LogP contribution in [0.15, 0.2) is 18.2 Å². The van der Waals surface area contributed by atoms with Crippen LogP contribution in [0.2, 0.25) is 0 Å². The van der Waals surface area contributed by atoms with E-state index >= 15 is 0 Å². The van der Waals surface area contributed by atoms with Gasteiger partial charge in [0.1, 0.15) is 5.82 Å². The Bertz CT molecular complexity index is 240. The molecule has 0 radical (unpaired) electrons. The summed E-state index contributed by atoms with van der Waals surface area (Å²) >= 11 is 0. The molecule has 0 saturated heterocycles. The Balaban J connectivity index is 2.81. The van der Waals surface area contributed by atoms with Crippen molar-refractivity contribution in [1.82, 2.24) is 5.32 Å². The molecule has 1 rings (SSSR count). The highest BCUT2D eigenvalue weighted by atomic mass is 19.1. The molecule has 0 fully saturated rings. The highest BCUT2D eigenvalue weighted by Crippen LogP contribution is 2.14. The summed E-state index contributed by atoms with van der Waals surface area (Å²) in [6.45, 7) is 3.28. The van der Waals surface area contributed by atoms with Crippen molar-refractivity contribution in [2.24, 2.45) is 0 Å². The van der Waals surface area contributed by atoms with E-state index in [1.54, 1.807) is 12.1 Å². The molecule has 0 aliphatic heterocycles. The Morgan fingerprint density at radius 2 is 2.25 bits per heavy atom. The van der Waals surface area contributed by atoms with Gasteiger partial charge < -0.3 is 11.1 Å². The third-order valence-electron chi connectivity index (χ3n) is 1.71. The summed E-state index contributed by atoms with van der Waals surface area (Å²) in [5, 5.41) is 3.03. The molecule has 0 aromatic heterocycles. The Kier molecular flexibility index (Phi) is 3.05. The Hall–Kier alpha value is -1.09. The van der Waals surface area contributed by atoms with Crippen LogP contribution in [0.3, 0.4) is 0 Å². The summed E-state index contributed by atoms with van der Waals surface area (Å²) in [5.74, 6) is -0.240. The van der Waals surface area contributed by atoms with Crippen molar-refractivity contribution in [2.45, 2.75) is 13.5 Å². The van der Waals surface area contributed by atoms with Gasteiger partial charge in [-0.1, -0.05) is 13.0 Å². The smallest absolute Gasteiger partial charge is 0.129 e. The predicted molar refractivity (Wildman–Crippen MR) is 48.2 cm³/mol. The molecule has 12 heavy (non-hydrogen) atoms. The van der Waals surface area contributed by atoms with Crippen LogP contribution in [0.5, 0.6) is 0 Å². The summed E-state index contributed by atoms with van der Waals surface area (Å²) in [7, 11) is 0. The van der Waals surface area contributed by atoms with Crippen molar-refractivity contribution in [2.75, 3.05) is 12.3 Å². The molecule has 0 saturated carbocycles. The van der Waals surface area contributed by atoms with Crippen molar-refractivity contribution in [3.05, 3.63) is 29.6 Å². The first-order chi connectivity index (χ1) is 5.75. The Morgan fingerprint density at radius 1 is 1.50 bits per heavy atom. The highest BCUT2D eigenvalue weighted by Gasteiger charge is 2.03. The third kappa shape index (κ3) is 1.95. The number of rotatable bonds is 3. The van der Waals surface area contributed by atoms with Gasteiger partial charge in [0.2, 0.25) is 0 Å². The van der Waals surface area contributed by atoms with Gasteiger partial charge in [0.25, 0.3) is 0 Å². The molecule has 66 valence electrons. The first-order valence-electron chi connectivity index (χ1n) is 3.99. The van der Waals surface area contributed by atoms with Crippen LogP contribution in [0.25, 0.3) is 0 Å². The van der Waals surface area contributed by atoms with Crippen molar-refractivity contribution < 1.29 is 4.39 Å². The SMILES string of the molecule is CCNCc1c(N)cccc1F. The van der Waals surface area contributed by atoms with E-state index in [2.05, 4.69) is 5.32 Å². The number of hydrogen-bond acceptors (Lipinski definition) is 2. The number of nitrogens with one attached hydrogen (secondary N) is 1. The van der Waals surface area contributed by atoms with Crippen LogP contribution < -0.4 is 11.1 Å². The van der Waals surface area contributed by atoms with E-state index in [1.165, 1.54) is 6.07 Å². The number of benzene rings is 1. The molecule has 1 aromatic carbocycles. The van der Waals surface area contributed by atoms with E-state index in [-0.39, 0.29) is 5.82 Å². The molecule has 0 aliphatic rings. The van der Waals surface area contributed by atoms with Gasteiger partial charge in [-0.2, -0.15) is 0 Å². The van der Waals surface area contributed by atoms with Crippen molar-refractivity contribution >= 4 is 5.69 Å². The summed E-state index contributed by atoms with van der Waals surface area (Å²) in [6, 6.07) is 4.74. The van der Waals surface area contributed by atoms with Gasteiger partial charge in [0, 0.05) is 17.8 Å². The van der Waals surface area contributed by atoms with Gasteiger partial charge in [-0.05, 0) is 18.7 Å². The Labute approximate surface area is 71.6 Å². The highest BCUT2D eigenvalue weighted by molar-refractivity contribution is 5.47. The van der Waals surface area contributed by atoms with E-state index < -0.39 is 0 Å². The first-order valence-corrected chi connectivity index (χ1v) is 3.99. The quantitative estimate of drug-likeness (QED) is 0.671. The first kappa shape index (κ1) is 9.00. The summed E-state index contributed by atoms with van der Waals surface area (Å²) in [6.07, 6.45) is 0. The standard InChI is InChI=1S/C9H13FN2/c1-2-12-6-7-8(10)4-3-5-9(7)11/h3-5,12H,2,6,11H2,1H3. The van der Waals surface area contributed by atoms with Crippen LogP contribution >= 0.6 is 0 Å². The van der Waals surface area contributed by atoms with Gasteiger partial charge in [0.15, 0.2) is 0 Å². The number of halogens is 1. The number of hydrogen-bond donors (Lipinski definition) is 2. The predicted octanol–water partition coefficient (Wildman–Crippen LogP) is 1.52. The summed E-state index contributed by atoms with van der Waals surface area (Å²) in [5.41, 5.74) is 6.65. The molecule has 2 nitrogen and oxygen atoms in total. The van der Waals surface area contributed by atoms with Crippen LogP contribution in [-0.2, 0) is 6.54 Å². The van der Waals surface area contributed by atoms with Gasteiger partial charge in [-0.25, -0.2) is 4.39 Å². The number of anilines is 1. The molecular weight excluding hydrogens is 155 g/mol. The van der Waals surface area contributed by atoms with Gasteiger partial charge >= 0.3 is 0 Å². The summed E-state index contributed by atoms with van der Waals surface area (Å²) in [4.78, 5) is 0. The molecule has 1 aromatic rings. The minimum absolute atomic E-state index is 0.240. The number of nitrogens with two attached hydrogens (primary N) is 1. The Morgan fingerprint density at radius 3 is 2.83 bits per heavy atom. The lowest BCUT2D eigenvalue weighted by atomic mass is 10.1. The normalized spacial score (nSPS) is 10.2. The monoisotopic (exact) mass is 168 g/mol. The lowest BCUT2D eigenvalue weighted by Gasteiger charge is -2.06. The van der Waals surface area contributed by atoms with Crippen molar-refractivity contribution in [3.8, 4) is 0 Å². The maximum absolute atomic E-state index is 13.1. The molecule has 0 bridgehead atoms. The van der Waals surface area contributed by atoms with Gasteiger partial charge in [-0.3, -0.25) is 0 Å². The van der Waals surface area contributed by atoms with Crippen molar-refractivity contribution in [3.63, 3.8) is 0 Å². The lowest BCUT2D eigenvalue weighted by Crippen LogP contribution is -2.14. The average Bonchev–Trinajstić information content (AvgIpc) is 2.04. The van der Waals surface area contributed by atoms with Crippen molar-refractivity contribution in [1.29, 1.82) is 0 Å². The lowest BCUT2D eigenvalue weighted by molar-refractivity contribution is 0.595. The molecule has 0 aliphatic carbocycles. The molecule has 0 unspecified atom stereocenters. The third-order valence-corrected chi connectivity index (χ3v) is 1.71. The topological polar surface area (TPSA) is 38.0 Å². The van der Waals surface area contributed by atoms with E-state index in [0.717, 1.165) is 6.54 Å². The minimum atomic E-state index is -0.240. The van der Waals surface area contributed by atoms with E-state index in [9.17, 15) is 4.39 Å². The minimum Gasteiger partial charge on any atom is -0.398 e. The van der Waals surface area contributed by atoms with Gasteiger partial charge in [0.05, 0.1) is 0 Å². The van der Waals surface area contributed by atoms with E-state index in [0.29, 0.717) is 17.8 Å². The molecule has 0 amide bonds. The fourth-order valence-corrected chi connectivity index (χ4v) is 1.01. The molecule has 0 spiro atoms. The van der Waals surface area contributed by atoms with E-state index in [4.69, 9.17) is 5.73 Å². The second-order valence-corrected chi connectivity index (χ2v) is 2.59.